The zero-order valence-corrected chi connectivity index (χ0v) is 13.9. The van der Waals surface area contributed by atoms with Gasteiger partial charge in [0.1, 0.15) is 0 Å². The second kappa shape index (κ2) is 6.23. The van der Waals surface area contributed by atoms with Gasteiger partial charge in [-0.1, -0.05) is 23.4 Å². The topological polar surface area (TPSA) is 81.6 Å². The Bertz CT molecular complexity index is 1020. The number of imidazole rings is 1. The molecule has 130 valence electrons. The molecule has 4 aromatic rings. The van der Waals surface area contributed by atoms with Crippen molar-refractivity contribution in [1.82, 2.24) is 24.7 Å². The molecule has 3 aromatic heterocycles. The van der Waals surface area contributed by atoms with Crippen LogP contribution in [0.2, 0.25) is 0 Å². The summed E-state index contributed by atoms with van der Waals surface area (Å²) in [5, 5.41) is 8.39. The van der Waals surface area contributed by atoms with Crippen LogP contribution in [0.5, 0.6) is 0 Å². The molecule has 0 unspecified atom stereocenters. The van der Waals surface area contributed by atoms with Crippen LogP contribution in [-0.4, -0.2) is 51.0 Å². The van der Waals surface area contributed by atoms with Crippen LogP contribution in [0.25, 0.3) is 28.3 Å². The lowest BCUT2D eigenvalue weighted by molar-refractivity contribution is 0.119. The minimum Gasteiger partial charge on any atom is -0.378 e. The number of nitrogens with zero attached hydrogens (tertiary/aromatic N) is 6. The van der Waals surface area contributed by atoms with E-state index in [0.717, 1.165) is 35.6 Å². The van der Waals surface area contributed by atoms with E-state index in [-0.39, 0.29) is 0 Å². The van der Waals surface area contributed by atoms with Crippen LogP contribution >= 0.6 is 0 Å². The van der Waals surface area contributed by atoms with Crippen molar-refractivity contribution in [3.8, 4) is 22.6 Å². The predicted molar refractivity (Wildman–Crippen MR) is 94.7 cm³/mol. The van der Waals surface area contributed by atoms with E-state index in [9.17, 15) is 0 Å². The Morgan fingerprint density at radius 1 is 0.962 bits per heavy atom. The van der Waals surface area contributed by atoms with Crippen molar-refractivity contribution in [2.45, 2.75) is 0 Å². The Kier molecular flexibility index (Phi) is 3.60. The molecule has 4 heterocycles. The van der Waals surface area contributed by atoms with Gasteiger partial charge in [0.05, 0.1) is 25.1 Å². The van der Waals surface area contributed by atoms with E-state index in [0.29, 0.717) is 25.1 Å². The van der Waals surface area contributed by atoms with E-state index < -0.39 is 0 Å². The largest absolute Gasteiger partial charge is 0.378 e. The molecule has 5 rings (SSSR count). The molecule has 0 amide bonds. The van der Waals surface area contributed by atoms with E-state index in [2.05, 4.69) is 20.2 Å². The maximum Gasteiger partial charge on any atom is 0.324 e. The highest BCUT2D eigenvalue weighted by Gasteiger charge is 2.18. The lowest BCUT2D eigenvalue weighted by Crippen LogP contribution is -2.36. The molecule has 0 N–H and O–H groups in total. The molecule has 1 aromatic carbocycles. The molecule has 0 saturated carbocycles. The Hall–Kier alpha value is -3.26. The van der Waals surface area contributed by atoms with Gasteiger partial charge in [0.2, 0.25) is 5.82 Å². The molecule has 1 fully saturated rings. The first-order valence-electron chi connectivity index (χ1n) is 8.44. The van der Waals surface area contributed by atoms with Crippen molar-refractivity contribution in [2.75, 3.05) is 31.2 Å². The summed E-state index contributed by atoms with van der Waals surface area (Å²) < 4.78 is 12.5. The van der Waals surface area contributed by atoms with Crippen molar-refractivity contribution in [1.29, 1.82) is 0 Å². The van der Waals surface area contributed by atoms with E-state index in [4.69, 9.17) is 9.26 Å². The summed E-state index contributed by atoms with van der Waals surface area (Å²) in [6.45, 7) is 2.87. The monoisotopic (exact) mass is 348 g/mol. The molecule has 26 heavy (non-hydrogen) atoms. The number of anilines is 1. The first-order valence-corrected chi connectivity index (χ1v) is 8.44. The van der Waals surface area contributed by atoms with Crippen LogP contribution in [-0.2, 0) is 4.74 Å². The third-order valence-corrected chi connectivity index (χ3v) is 4.35. The maximum absolute atomic E-state index is 5.43. The average molecular weight is 348 g/mol. The zero-order valence-electron chi connectivity index (χ0n) is 13.9. The third-order valence-electron chi connectivity index (χ3n) is 4.35. The highest BCUT2D eigenvalue weighted by molar-refractivity contribution is 5.69. The van der Waals surface area contributed by atoms with E-state index in [1.54, 1.807) is 10.7 Å². The van der Waals surface area contributed by atoms with Gasteiger partial charge in [0, 0.05) is 30.4 Å². The number of rotatable bonds is 3. The fourth-order valence-corrected chi connectivity index (χ4v) is 3.00. The highest BCUT2D eigenvalue weighted by atomic mass is 16.5. The molecule has 8 nitrogen and oxygen atoms in total. The maximum atomic E-state index is 5.43. The van der Waals surface area contributed by atoms with Crippen LogP contribution < -0.4 is 4.90 Å². The number of morpholine rings is 1. The second-order valence-electron chi connectivity index (χ2n) is 6.03. The summed E-state index contributed by atoms with van der Waals surface area (Å²) >= 11 is 0. The summed E-state index contributed by atoms with van der Waals surface area (Å²) in [6, 6.07) is 12.3. The number of fused-ring (bicyclic) bond motifs is 1. The molecule has 0 radical (unpaired) electrons. The summed E-state index contributed by atoms with van der Waals surface area (Å²) in [5.74, 6) is 0.565. The lowest BCUT2D eigenvalue weighted by Gasteiger charge is -2.24. The van der Waals surface area contributed by atoms with Gasteiger partial charge in [0.25, 0.3) is 0 Å². The van der Waals surface area contributed by atoms with Gasteiger partial charge in [-0.05, 0) is 18.2 Å². The molecule has 0 spiro atoms. The number of ether oxygens (including phenoxy) is 1. The van der Waals surface area contributed by atoms with E-state index in [1.165, 1.54) is 0 Å². The first-order chi connectivity index (χ1) is 12.9. The van der Waals surface area contributed by atoms with Crippen LogP contribution in [0.15, 0.2) is 53.3 Å². The van der Waals surface area contributed by atoms with Crippen LogP contribution in [0, 0.1) is 0 Å². The van der Waals surface area contributed by atoms with Crippen LogP contribution in [0.1, 0.15) is 0 Å². The SMILES string of the molecule is c1cc(-c2cn3ncccc3n2)cc(-c2noc(N3CCOCC3)n2)c1. The molecule has 0 bridgehead atoms. The second-order valence-corrected chi connectivity index (χ2v) is 6.03. The van der Waals surface area contributed by atoms with Gasteiger partial charge in [-0.2, -0.15) is 10.1 Å². The fourth-order valence-electron chi connectivity index (χ4n) is 3.00. The van der Waals surface area contributed by atoms with Gasteiger partial charge in [0.15, 0.2) is 5.65 Å². The summed E-state index contributed by atoms with van der Waals surface area (Å²) in [4.78, 5) is 11.2. The Balaban J connectivity index is 1.47. The number of benzene rings is 1. The smallest absolute Gasteiger partial charge is 0.324 e. The highest BCUT2D eigenvalue weighted by Crippen LogP contribution is 2.26. The van der Waals surface area contributed by atoms with Crippen molar-refractivity contribution < 1.29 is 9.26 Å². The molecule has 0 atom stereocenters. The van der Waals surface area contributed by atoms with Gasteiger partial charge in [-0.15, -0.1) is 0 Å². The molecule has 1 aliphatic heterocycles. The van der Waals surface area contributed by atoms with Crippen molar-refractivity contribution >= 4 is 11.7 Å². The van der Waals surface area contributed by atoms with Gasteiger partial charge in [-0.3, -0.25) is 0 Å². The fraction of sp³-hybridized carbons (Fsp3) is 0.222. The summed E-state index contributed by atoms with van der Waals surface area (Å²) in [6.07, 6.45) is 3.64. The Morgan fingerprint density at radius 3 is 2.73 bits per heavy atom. The molecule has 1 saturated heterocycles. The Labute approximate surface area is 149 Å². The predicted octanol–water partition coefficient (Wildman–Crippen LogP) is 2.28. The van der Waals surface area contributed by atoms with Gasteiger partial charge in [-0.25, -0.2) is 9.50 Å². The Morgan fingerprint density at radius 2 is 1.85 bits per heavy atom. The third kappa shape index (κ3) is 2.70. The first kappa shape index (κ1) is 15.0. The summed E-state index contributed by atoms with van der Waals surface area (Å²) in [5.41, 5.74) is 3.52. The van der Waals surface area contributed by atoms with E-state index in [1.807, 2.05) is 47.5 Å². The molecule has 1 aliphatic rings. The molecule has 8 heteroatoms. The average Bonchev–Trinajstić information content (AvgIpc) is 3.36. The van der Waals surface area contributed by atoms with Gasteiger partial charge >= 0.3 is 6.01 Å². The number of hydrogen-bond donors (Lipinski definition) is 0. The van der Waals surface area contributed by atoms with Crippen molar-refractivity contribution in [3.63, 3.8) is 0 Å². The molecule has 0 aliphatic carbocycles. The molecular weight excluding hydrogens is 332 g/mol. The lowest BCUT2D eigenvalue weighted by atomic mass is 10.1. The minimum absolute atomic E-state index is 0.533. The molecular formula is C18H16N6O2. The zero-order chi connectivity index (χ0) is 17.3. The van der Waals surface area contributed by atoms with Crippen LogP contribution in [0.3, 0.4) is 0 Å². The minimum atomic E-state index is 0.533. The standard InChI is InChI=1S/C18H16N6O2/c1-3-13(15-12-24-16(20-15)5-2-6-19-24)11-14(4-1)17-21-18(26-22-17)23-7-9-25-10-8-23/h1-6,11-12H,7-10H2. The number of hydrogen-bond acceptors (Lipinski definition) is 7. The van der Waals surface area contributed by atoms with Gasteiger partial charge < -0.3 is 14.2 Å². The van der Waals surface area contributed by atoms with Crippen molar-refractivity contribution in [3.05, 3.63) is 48.8 Å². The van der Waals surface area contributed by atoms with E-state index >= 15 is 0 Å². The summed E-state index contributed by atoms with van der Waals surface area (Å²) in [7, 11) is 0. The van der Waals surface area contributed by atoms with Crippen LogP contribution in [0.4, 0.5) is 6.01 Å². The quantitative estimate of drug-likeness (QED) is 0.562. The number of aromatic nitrogens is 5. The van der Waals surface area contributed by atoms with Crippen molar-refractivity contribution in [2.24, 2.45) is 0 Å². The normalized spacial score (nSPS) is 14.8.